The molecule has 4 heteroatoms. The summed E-state index contributed by atoms with van der Waals surface area (Å²) >= 11 is 0. The molecule has 1 aromatic carbocycles. The maximum atomic E-state index is 11.9. The molecular weight excluding hydrogens is 214 g/mol. The summed E-state index contributed by atoms with van der Waals surface area (Å²) in [6, 6.07) is 9.92. The molecule has 0 spiro atoms. The predicted octanol–water partition coefficient (Wildman–Crippen LogP) is 1.63. The van der Waals surface area contributed by atoms with Crippen molar-refractivity contribution in [3.05, 3.63) is 24.3 Å². The monoisotopic (exact) mass is 229 g/mol. The Kier molecular flexibility index (Phi) is 3.01. The standard InChI is InChI=1S/C13H15N3O/c1-15(2)11-5-3-4-6-12(11)16-9-10(8-14)7-13(16)17/h3-6,10H,7,9H2,1-2H3. The Morgan fingerprint density at radius 1 is 1.41 bits per heavy atom. The van der Waals surface area contributed by atoms with E-state index in [1.165, 1.54) is 0 Å². The highest BCUT2D eigenvalue weighted by Crippen LogP contribution is 2.32. The van der Waals surface area contributed by atoms with Crippen molar-refractivity contribution in [3.63, 3.8) is 0 Å². The molecule has 0 saturated carbocycles. The summed E-state index contributed by atoms with van der Waals surface area (Å²) in [7, 11) is 3.89. The molecule has 1 fully saturated rings. The molecule has 0 N–H and O–H groups in total. The summed E-state index contributed by atoms with van der Waals surface area (Å²) in [6.45, 7) is 0.500. The number of carbonyl (C=O) groups is 1. The van der Waals surface area contributed by atoms with Crippen molar-refractivity contribution in [2.45, 2.75) is 6.42 Å². The molecule has 4 nitrogen and oxygen atoms in total. The molecule has 17 heavy (non-hydrogen) atoms. The maximum Gasteiger partial charge on any atom is 0.228 e. The van der Waals surface area contributed by atoms with E-state index in [0.717, 1.165) is 11.4 Å². The molecule has 1 saturated heterocycles. The number of carbonyl (C=O) groups excluding carboxylic acids is 1. The van der Waals surface area contributed by atoms with E-state index in [1.807, 2.05) is 43.3 Å². The summed E-state index contributed by atoms with van der Waals surface area (Å²) in [5.41, 5.74) is 1.89. The fourth-order valence-corrected chi connectivity index (χ4v) is 2.10. The third kappa shape index (κ3) is 2.09. The zero-order valence-electron chi connectivity index (χ0n) is 10.1. The van der Waals surface area contributed by atoms with Crippen molar-refractivity contribution in [1.29, 1.82) is 5.26 Å². The normalized spacial score (nSPS) is 19.2. The SMILES string of the molecule is CN(C)c1ccccc1N1CC(C#N)CC1=O. The number of para-hydroxylation sites is 2. The van der Waals surface area contributed by atoms with Crippen molar-refractivity contribution >= 4 is 17.3 Å². The number of amides is 1. The molecule has 0 radical (unpaired) electrons. The second-order valence-corrected chi connectivity index (χ2v) is 4.42. The Morgan fingerprint density at radius 2 is 2.12 bits per heavy atom. The number of nitriles is 1. The molecule has 2 rings (SSSR count). The number of hydrogen-bond acceptors (Lipinski definition) is 3. The molecule has 0 bridgehead atoms. The van der Waals surface area contributed by atoms with Crippen molar-refractivity contribution in [3.8, 4) is 6.07 Å². The topological polar surface area (TPSA) is 47.3 Å². The van der Waals surface area contributed by atoms with Crippen LogP contribution in [0.4, 0.5) is 11.4 Å². The quantitative estimate of drug-likeness (QED) is 0.774. The van der Waals surface area contributed by atoms with E-state index >= 15 is 0 Å². The summed E-state index contributed by atoms with van der Waals surface area (Å²) in [5, 5.41) is 8.89. The van der Waals surface area contributed by atoms with Crippen LogP contribution >= 0.6 is 0 Å². The molecule has 1 aromatic rings. The Morgan fingerprint density at radius 3 is 2.71 bits per heavy atom. The highest BCUT2D eigenvalue weighted by Gasteiger charge is 2.31. The lowest BCUT2D eigenvalue weighted by atomic mass is 10.1. The number of benzene rings is 1. The molecule has 0 aromatic heterocycles. The van der Waals surface area contributed by atoms with Crippen molar-refractivity contribution < 1.29 is 4.79 Å². The van der Waals surface area contributed by atoms with Crippen LogP contribution in [0.5, 0.6) is 0 Å². The maximum absolute atomic E-state index is 11.9. The van der Waals surface area contributed by atoms with E-state index in [2.05, 4.69) is 6.07 Å². The fraction of sp³-hybridized carbons (Fsp3) is 0.385. The van der Waals surface area contributed by atoms with Crippen LogP contribution in [0, 0.1) is 17.2 Å². The van der Waals surface area contributed by atoms with Gasteiger partial charge in [-0.1, -0.05) is 12.1 Å². The van der Waals surface area contributed by atoms with Crippen molar-refractivity contribution in [2.24, 2.45) is 5.92 Å². The molecule has 88 valence electrons. The number of rotatable bonds is 2. The zero-order valence-corrected chi connectivity index (χ0v) is 10.1. The Hall–Kier alpha value is -2.02. The van der Waals surface area contributed by atoms with Crippen LogP contribution in [-0.2, 0) is 4.79 Å². The lowest BCUT2D eigenvalue weighted by molar-refractivity contribution is -0.117. The average molecular weight is 229 g/mol. The van der Waals surface area contributed by atoms with Crippen LogP contribution < -0.4 is 9.80 Å². The average Bonchev–Trinajstić information content (AvgIpc) is 2.70. The summed E-state index contributed by atoms with van der Waals surface area (Å²) in [4.78, 5) is 15.6. The highest BCUT2D eigenvalue weighted by molar-refractivity contribution is 5.99. The minimum Gasteiger partial charge on any atom is -0.376 e. The van der Waals surface area contributed by atoms with Crippen molar-refractivity contribution in [1.82, 2.24) is 0 Å². The van der Waals surface area contributed by atoms with Gasteiger partial charge in [-0.15, -0.1) is 0 Å². The lowest BCUT2D eigenvalue weighted by Gasteiger charge is -2.23. The fourth-order valence-electron chi connectivity index (χ4n) is 2.10. The van der Waals surface area contributed by atoms with Gasteiger partial charge in [0.15, 0.2) is 0 Å². The van der Waals surface area contributed by atoms with Gasteiger partial charge < -0.3 is 9.80 Å². The zero-order chi connectivity index (χ0) is 12.4. The first-order chi connectivity index (χ1) is 8.13. The molecular formula is C13H15N3O. The third-order valence-corrected chi connectivity index (χ3v) is 2.96. The van der Waals surface area contributed by atoms with Crippen LogP contribution in [0.25, 0.3) is 0 Å². The van der Waals surface area contributed by atoms with Gasteiger partial charge in [-0.05, 0) is 12.1 Å². The van der Waals surface area contributed by atoms with Gasteiger partial charge in [-0.25, -0.2) is 0 Å². The predicted molar refractivity (Wildman–Crippen MR) is 66.8 cm³/mol. The summed E-state index contributed by atoms with van der Waals surface area (Å²) in [5.74, 6) is -0.149. The smallest absolute Gasteiger partial charge is 0.228 e. The molecule has 1 aliphatic rings. The molecule has 0 aliphatic carbocycles. The van der Waals surface area contributed by atoms with Gasteiger partial charge in [0.05, 0.1) is 23.4 Å². The second kappa shape index (κ2) is 4.46. The first kappa shape index (κ1) is 11.5. The molecule has 1 atom stereocenters. The first-order valence-electron chi connectivity index (χ1n) is 5.60. The molecule has 1 aliphatic heterocycles. The van der Waals surface area contributed by atoms with Crippen LogP contribution in [0.1, 0.15) is 6.42 Å². The molecule has 1 heterocycles. The van der Waals surface area contributed by atoms with Crippen LogP contribution in [0.3, 0.4) is 0 Å². The molecule has 1 unspecified atom stereocenters. The van der Waals surface area contributed by atoms with Crippen LogP contribution in [0.2, 0.25) is 0 Å². The van der Waals surface area contributed by atoms with E-state index in [4.69, 9.17) is 5.26 Å². The number of nitrogens with zero attached hydrogens (tertiary/aromatic N) is 3. The van der Waals surface area contributed by atoms with E-state index in [-0.39, 0.29) is 11.8 Å². The van der Waals surface area contributed by atoms with Gasteiger partial charge in [0.2, 0.25) is 5.91 Å². The Balaban J connectivity index is 2.35. The summed E-state index contributed by atoms with van der Waals surface area (Å²) < 4.78 is 0. The van der Waals surface area contributed by atoms with Crippen molar-refractivity contribution in [2.75, 3.05) is 30.4 Å². The van der Waals surface area contributed by atoms with Gasteiger partial charge in [-0.2, -0.15) is 5.26 Å². The first-order valence-corrected chi connectivity index (χ1v) is 5.60. The second-order valence-electron chi connectivity index (χ2n) is 4.42. The minimum atomic E-state index is -0.183. The van der Waals surface area contributed by atoms with Gasteiger partial charge in [-0.3, -0.25) is 4.79 Å². The number of hydrogen-bond donors (Lipinski definition) is 0. The van der Waals surface area contributed by atoms with Crippen LogP contribution in [-0.4, -0.2) is 26.5 Å². The minimum absolute atomic E-state index is 0.0332. The van der Waals surface area contributed by atoms with Crippen LogP contribution in [0.15, 0.2) is 24.3 Å². The van der Waals surface area contributed by atoms with Gasteiger partial charge in [0.1, 0.15) is 0 Å². The van der Waals surface area contributed by atoms with Gasteiger partial charge in [0.25, 0.3) is 0 Å². The van der Waals surface area contributed by atoms with E-state index in [9.17, 15) is 4.79 Å². The lowest BCUT2D eigenvalue weighted by Crippen LogP contribution is -2.26. The third-order valence-electron chi connectivity index (χ3n) is 2.96. The van der Waals surface area contributed by atoms with Gasteiger partial charge >= 0.3 is 0 Å². The Labute approximate surface area is 101 Å². The largest absolute Gasteiger partial charge is 0.376 e. The van der Waals surface area contributed by atoms with E-state index < -0.39 is 0 Å². The summed E-state index contributed by atoms with van der Waals surface area (Å²) in [6.07, 6.45) is 0.332. The van der Waals surface area contributed by atoms with E-state index in [1.54, 1.807) is 4.90 Å². The van der Waals surface area contributed by atoms with E-state index in [0.29, 0.717) is 13.0 Å². The Bertz CT molecular complexity index is 476. The number of anilines is 2. The van der Waals surface area contributed by atoms with Gasteiger partial charge in [0, 0.05) is 27.1 Å². The molecule has 1 amide bonds. The highest BCUT2D eigenvalue weighted by atomic mass is 16.2.